The Labute approximate surface area is 104 Å². The zero-order chi connectivity index (χ0) is 12.4. The first-order chi connectivity index (χ1) is 8.11. The molecule has 0 atom stereocenters. The molecule has 0 amide bonds. The third-order valence-corrected chi connectivity index (χ3v) is 2.62. The van der Waals surface area contributed by atoms with Crippen molar-refractivity contribution in [2.24, 2.45) is 0 Å². The van der Waals surface area contributed by atoms with Crippen molar-refractivity contribution in [1.82, 2.24) is 14.8 Å². The van der Waals surface area contributed by atoms with E-state index in [2.05, 4.69) is 10.1 Å². The van der Waals surface area contributed by atoms with Crippen molar-refractivity contribution in [1.29, 1.82) is 0 Å². The lowest BCUT2D eigenvalue weighted by molar-refractivity contribution is 0.112. The zero-order valence-corrected chi connectivity index (χ0v) is 10.3. The number of rotatable bonds is 3. The number of aromatic nitrogens is 3. The summed E-state index contributed by atoms with van der Waals surface area (Å²) in [7, 11) is 0. The Bertz CT molecular complexity index is 531. The Morgan fingerprint density at radius 2 is 2.18 bits per heavy atom. The van der Waals surface area contributed by atoms with Gasteiger partial charge >= 0.3 is 0 Å². The lowest BCUT2D eigenvalue weighted by Gasteiger charge is -2.01. The van der Waals surface area contributed by atoms with E-state index in [1.54, 1.807) is 29.2 Å². The average Bonchev–Trinajstić information content (AvgIpc) is 2.74. The second kappa shape index (κ2) is 4.67. The molecule has 0 radical (unpaired) electrons. The summed E-state index contributed by atoms with van der Waals surface area (Å²) < 4.78 is 1.59. The minimum absolute atomic E-state index is 0.198. The standard InChI is InChI=1S/C12H12ClN3O/c1-8(2)12-9(7-17)6-16(15-12)11-4-3-10(13)5-14-11/h3-8H,1-2H3. The fourth-order valence-corrected chi connectivity index (χ4v) is 1.67. The van der Waals surface area contributed by atoms with E-state index in [0.29, 0.717) is 16.4 Å². The molecule has 5 heteroatoms. The highest BCUT2D eigenvalue weighted by atomic mass is 35.5. The van der Waals surface area contributed by atoms with Gasteiger partial charge in [0.05, 0.1) is 16.3 Å². The Kier molecular flexibility index (Phi) is 3.24. The van der Waals surface area contributed by atoms with Crippen LogP contribution in [0.1, 0.15) is 35.8 Å². The summed E-state index contributed by atoms with van der Waals surface area (Å²) in [6, 6.07) is 3.50. The second-order valence-electron chi connectivity index (χ2n) is 4.02. The quantitative estimate of drug-likeness (QED) is 0.786. The van der Waals surface area contributed by atoms with Crippen molar-refractivity contribution in [2.45, 2.75) is 19.8 Å². The molecule has 2 aromatic heterocycles. The molecule has 17 heavy (non-hydrogen) atoms. The molecule has 4 nitrogen and oxygen atoms in total. The minimum Gasteiger partial charge on any atom is -0.298 e. The Morgan fingerprint density at radius 3 is 2.65 bits per heavy atom. The van der Waals surface area contributed by atoms with Crippen LogP contribution in [0.15, 0.2) is 24.5 Å². The lowest BCUT2D eigenvalue weighted by atomic mass is 10.1. The first-order valence-electron chi connectivity index (χ1n) is 5.28. The maximum absolute atomic E-state index is 10.9. The van der Waals surface area contributed by atoms with Gasteiger partial charge in [0.1, 0.15) is 0 Å². The van der Waals surface area contributed by atoms with Gasteiger partial charge in [0.2, 0.25) is 0 Å². The summed E-state index contributed by atoms with van der Waals surface area (Å²) in [6.07, 6.45) is 4.04. The summed E-state index contributed by atoms with van der Waals surface area (Å²) in [5, 5.41) is 4.93. The summed E-state index contributed by atoms with van der Waals surface area (Å²) >= 11 is 5.77. The van der Waals surface area contributed by atoms with Gasteiger partial charge in [0.15, 0.2) is 12.1 Å². The van der Waals surface area contributed by atoms with Gasteiger partial charge in [-0.2, -0.15) is 5.10 Å². The van der Waals surface area contributed by atoms with Crippen LogP contribution in [0.2, 0.25) is 5.02 Å². The van der Waals surface area contributed by atoms with Gasteiger partial charge < -0.3 is 0 Å². The van der Waals surface area contributed by atoms with E-state index in [9.17, 15) is 4.79 Å². The molecule has 0 spiro atoms. The summed E-state index contributed by atoms with van der Waals surface area (Å²) in [5.41, 5.74) is 1.37. The SMILES string of the molecule is CC(C)c1nn(-c2ccc(Cl)cn2)cc1C=O. The Balaban J connectivity index is 2.46. The molecule has 0 aliphatic heterocycles. The van der Waals surface area contributed by atoms with Crippen molar-refractivity contribution in [2.75, 3.05) is 0 Å². The normalized spacial score (nSPS) is 10.8. The van der Waals surface area contributed by atoms with Crippen LogP contribution in [0.25, 0.3) is 5.82 Å². The van der Waals surface area contributed by atoms with Gasteiger partial charge in [0.25, 0.3) is 0 Å². The third kappa shape index (κ3) is 2.36. The van der Waals surface area contributed by atoms with Crippen molar-refractivity contribution < 1.29 is 4.79 Å². The van der Waals surface area contributed by atoms with Crippen LogP contribution in [-0.2, 0) is 0 Å². The fourth-order valence-electron chi connectivity index (χ4n) is 1.56. The molecule has 2 rings (SSSR count). The van der Waals surface area contributed by atoms with Crippen molar-refractivity contribution in [3.05, 3.63) is 40.8 Å². The van der Waals surface area contributed by atoms with Gasteiger partial charge in [-0.15, -0.1) is 0 Å². The van der Waals surface area contributed by atoms with Crippen LogP contribution in [-0.4, -0.2) is 21.1 Å². The van der Waals surface area contributed by atoms with Crippen molar-refractivity contribution in [3.63, 3.8) is 0 Å². The monoisotopic (exact) mass is 249 g/mol. The predicted octanol–water partition coefficient (Wildman–Crippen LogP) is 2.86. The number of pyridine rings is 1. The second-order valence-corrected chi connectivity index (χ2v) is 4.46. The molecule has 2 heterocycles. The molecular formula is C12H12ClN3O. The summed E-state index contributed by atoms with van der Waals surface area (Å²) in [6.45, 7) is 3.99. The molecule has 2 aromatic rings. The highest BCUT2D eigenvalue weighted by Crippen LogP contribution is 2.18. The lowest BCUT2D eigenvalue weighted by Crippen LogP contribution is -1.99. The van der Waals surface area contributed by atoms with E-state index >= 15 is 0 Å². The Morgan fingerprint density at radius 1 is 1.41 bits per heavy atom. The van der Waals surface area contributed by atoms with Gasteiger partial charge in [-0.25, -0.2) is 9.67 Å². The van der Waals surface area contributed by atoms with E-state index < -0.39 is 0 Å². The van der Waals surface area contributed by atoms with Crippen LogP contribution >= 0.6 is 11.6 Å². The minimum atomic E-state index is 0.198. The predicted molar refractivity (Wildman–Crippen MR) is 65.8 cm³/mol. The maximum Gasteiger partial charge on any atom is 0.153 e. The zero-order valence-electron chi connectivity index (χ0n) is 9.59. The topological polar surface area (TPSA) is 47.8 Å². The molecule has 0 unspecified atom stereocenters. The molecule has 0 saturated carbocycles. The molecule has 0 fully saturated rings. The van der Waals surface area contributed by atoms with Gasteiger partial charge in [-0.05, 0) is 18.1 Å². The number of aldehydes is 1. The number of carbonyl (C=O) groups excluding carboxylic acids is 1. The Hall–Kier alpha value is -1.68. The number of hydrogen-bond acceptors (Lipinski definition) is 3. The molecule has 0 N–H and O–H groups in total. The van der Waals surface area contributed by atoms with E-state index in [4.69, 9.17) is 11.6 Å². The van der Waals surface area contributed by atoms with Crippen LogP contribution < -0.4 is 0 Å². The smallest absolute Gasteiger partial charge is 0.153 e. The largest absolute Gasteiger partial charge is 0.298 e. The van der Waals surface area contributed by atoms with Crippen LogP contribution in [0.4, 0.5) is 0 Å². The van der Waals surface area contributed by atoms with Crippen LogP contribution in [0.3, 0.4) is 0 Å². The van der Waals surface area contributed by atoms with Crippen LogP contribution in [0.5, 0.6) is 0 Å². The molecule has 88 valence electrons. The van der Waals surface area contributed by atoms with E-state index in [1.165, 1.54) is 0 Å². The third-order valence-electron chi connectivity index (χ3n) is 2.39. The van der Waals surface area contributed by atoms with E-state index in [1.807, 2.05) is 13.8 Å². The molecule has 0 saturated heterocycles. The van der Waals surface area contributed by atoms with E-state index in [-0.39, 0.29) is 5.92 Å². The van der Waals surface area contributed by atoms with Gasteiger partial charge in [-0.3, -0.25) is 4.79 Å². The first-order valence-corrected chi connectivity index (χ1v) is 5.66. The number of hydrogen-bond donors (Lipinski definition) is 0. The first kappa shape index (κ1) is 11.8. The molecule has 0 aromatic carbocycles. The summed E-state index contributed by atoms with van der Waals surface area (Å²) in [4.78, 5) is 15.1. The molecule has 0 bridgehead atoms. The van der Waals surface area contributed by atoms with Crippen molar-refractivity contribution in [3.8, 4) is 5.82 Å². The average molecular weight is 250 g/mol. The fraction of sp³-hybridized carbons (Fsp3) is 0.250. The molecule has 0 aliphatic rings. The van der Waals surface area contributed by atoms with Gasteiger partial charge in [0, 0.05) is 12.4 Å². The highest BCUT2D eigenvalue weighted by molar-refractivity contribution is 6.30. The van der Waals surface area contributed by atoms with E-state index in [0.717, 1.165) is 12.0 Å². The number of carbonyl (C=O) groups is 1. The highest BCUT2D eigenvalue weighted by Gasteiger charge is 2.12. The van der Waals surface area contributed by atoms with Gasteiger partial charge in [-0.1, -0.05) is 25.4 Å². The molecular weight excluding hydrogens is 238 g/mol. The molecule has 0 aliphatic carbocycles. The number of nitrogens with zero attached hydrogens (tertiary/aromatic N) is 3. The van der Waals surface area contributed by atoms with Crippen molar-refractivity contribution >= 4 is 17.9 Å². The number of halogens is 1. The maximum atomic E-state index is 10.9. The summed E-state index contributed by atoms with van der Waals surface area (Å²) in [5.74, 6) is 0.841. The van der Waals surface area contributed by atoms with Crippen LogP contribution in [0, 0.1) is 0 Å².